The molecule has 2 aromatic carbocycles. The van der Waals surface area contributed by atoms with E-state index in [1.807, 2.05) is 0 Å². The van der Waals surface area contributed by atoms with Crippen molar-refractivity contribution in [2.75, 3.05) is 0 Å². The van der Waals surface area contributed by atoms with Gasteiger partial charge in [-0.25, -0.2) is 4.79 Å². The monoisotopic (exact) mass is 471 g/mol. The number of hydrogen-bond donors (Lipinski definition) is 6. The van der Waals surface area contributed by atoms with Crippen LogP contribution < -0.4 is 20.7 Å². The molecule has 0 fully saturated rings. The lowest BCUT2D eigenvalue weighted by atomic mass is 10.0. The van der Waals surface area contributed by atoms with E-state index in [0.717, 1.165) is 0 Å². The smallest absolute Gasteiger partial charge is 0.326 e. The fraction of sp³-hybridized carbons (Fsp3) is 0.304. The molecule has 0 radical (unpaired) electrons. The number of hydrogen-bond acceptors (Lipinski definition) is 7. The number of carboxylic acid groups (broad SMARTS) is 1. The van der Waals surface area contributed by atoms with E-state index in [4.69, 9.17) is 4.74 Å². The minimum Gasteiger partial charge on any atom is -0.507 e. The van der Waals surface area contributed by atoms with Crippen LogP contribution in [-0.2, 0) is 20.8 Å². The third-order valence-electron chi connectivity index (χ3n) is 5.23. The van der Waals surface area contributed by atoms with Gasteiger partial charge in [0, 0.05) is 6.42 Å². The Morgan fingerprint density at radius 3 is 2.26 bits per heavy atom. The summed E-state index contributed by atoms with van der Waals surface area (Å²) in [6.07, 6.45) is -1.37. The SMILES string of the molecule is C[C@@H]1NC(=O)[C@H]([C@@H](C)O)NC(=O)c2cc(ccc2O)Oc2ccc(cc2)C[C@H](C(=O)O)NC1=O. The molecule has 2 aromatic rings. The number of aliphatic hydroxyl groups is 1. The van der Waals surface area contributed by atoms with Crippen molar-refractivity contribution < 1.29 is 39.2 Å². The van der Waals surface area contributed by atoms with Crippen LogP contribution in [0.5, 0.6) is 17.2 Å². The van der Waals surface area contributed by atoms with Crippen LogP contribution in [0.4, 0.5) is 0 Å². The molecule has 4 rings (SSSR count). The van der Waals surface area contributed by atoms with Crippen molar-refractivity contribution >= 4 is 23.7 Å². The number of amides is 3. The Balaban J connectivity index is 2.01. The Bertz CT molecular complexity index is 1100. The molecule has 0 saturated carbocycles. The summed E-state index contributed by atoms with van der Waals surface area (Å²) in [6.45, 7) is 2.61. The molecule has 0 aromatic heterocycles. The molecule has 0 unspecified atom stereocenters. The Morgan fingerprint density at radius 1 is 1.00 bits per heavy atom. The van der Waals surface area contributed by atoms with Gasteiger partial charge in [-0.1, -0.05) is 12.1 Å². The van der Waals surface area contributed by atoms with E-state index in [1.54, 1.807) is 24.3 Å². The number of carboxylic acids is 1. The second-order valence-corrected chi connectivity index (χ2v) is 7.95. The first-order chi connectivity index (χ1) is 16.0. The molecule has 0 aliphatic carbocycles. The number of aromatic hydroxyl groups is 1. The average Bonchev–Trinajstić information content (AvgIpc) is 2.78. The van der Waals surface area contributed by atoms with Gasteiger partial charge in [0.2, 0.25) is 11.8 Å². The predicted molar refractivity (Wildman–Crippen MR) is 118 cm³/mol. The zero-order chi connectivity index (χ0) is 25.0. The Labute approximate surface area is 194 Å². The number of phenolic OH excluding ortho intramolecular Hbond substituents is 1. The zero-order valence-corrected chi connectivity index (χ0v) is 18.4. The summed E-state index contributed by atoms with van der Waals surface area (Å²) in [7, 11) is 0. The highest BCUT2D eigenvalue weighted by Gasteiger charge is 2.30. The minimum atomic E-state index is -1.47. The van der Waals surface area contributed by atoms with Crippen LogP contribution in [0, 0.1) is 0 Å². The maximum atomic E-state index is 12.8. The number of phenols is 1. The maximum Gasteiger partial charge on any atom is 0.326 e. The number of ether oxygens (including phenoxy) is 1. The summed E-state index contributed by atoms with van der Waals surface area (Å²) in [6, 6.07) is 6.52. The molecular weight excluding hydrogens is 446 g/mol. The van der Waals surface area contributed by atoms with Gasteiger partial charge in [-0.05, 0) is 49.7 Å². The Morgan fingerprint density at radius 2 is 1.65 bits per heavy atom. The number of aliphatic carboxylic acids is 1. The number of carbonyl (C=O) groups is 4. The molecule has 4 atom stereocenters. The number of benzene rings is 2. The Hall–Kier alpha value is -4.12. The van der Waals surface area contributed by atoms with Crippen LogP contribution >= 0.6 is 0 Å². The van der Waals surface area contributed by atoms with Gasteiger partial charge < -0.3 is 36.0 Å². The van der Waals surface area contributed by atoms with Gasteiger partial charge in [-0.3, -0.25) is 14.4 Å². The molecule has 11 nitrogen and oxygen atoms in total. The molecule has 180 valence electrons. The van der Waals surface area contributed by atoms with E-state index in [-0.39, 0.29) is 23.5 Å². The van der Waals surface area contributed by atoms with Gasteiger partial charge in [0.15, 0.2) is 0 Å². The minimum absolute atomic E-state index is 0.0161. The molecule has 0 saturated heterocycles. The Kier molecular flexibility index (Phi) is 7.37. The van der Waals surface area contributed by atoms with Gasteiger partial charge in [0.05, 0.1) is 11.7 Å². The lowest BCUT2D eigenvalue weighted by molar-refractivity contribution is -0.142. The highest BCUT2D eigenvalue weighted by atomic mass is 16.5. The van der Waals surface area contributed by atoms with Gasteiger partial charge in [0.25, 0.3) is 5.91 Å². The predicted octanol–water partition coefficient (Wildman–Crippen LogP) is 0.294. The van der Waals surface area contributed by atoms with Crippen molar-refractivity contribution in [3.63, 3.8) is 0 Å². The fourth-order valence-corrected chi connectivity index (χ4v) is 3.32. The summed E-state index contributed by atoms with van der Waals surface area (Å²) >= 11 is 0. The van der Waals surface area contributed by atoms with Crippen molar-refractivity contribution in [3.8, 4) is 17.2 Å². The largest absolute Gasteiger partial charge is 0.507 e. The van der Waals surface area contributed by atoms with E-state index in [2.05, 4.69) is 16.0 Å². The van der Waals surface area contributed by atoms with E-state index in [0.29, 0.717) is 11.3 Å². The van der Waals surface area contributed by atoms with Gasteiger partial charge in [-0.2, -0.15) is 0 Å². The van der Waals surface area contributed by atoms with Crippen molar-refractivity contribution in [2.45, 2.75) is 44.5 Å². The van der Waals surface area contributed by atoms with Crippen molar-refractivity contribution in [1.82, 2.24) is 16.0 Å². The fourth-order valence-electron chi connectivity index (χ4n) is 3.32. The summed E-state index contributed by atoms with van der Waals surface area (Å²) in [5, 5.41) is 36.8. The topological polar surface area (TPSA) is 174 Å². The van der Waals surface area contributed by atoms with E-state index < -0.39 is 47.9 Å². The second kappa shape index (κ2) is 10.2. The molecule has 11 heteroatoms. The summed E-state index contributed by atoms with van der Waals surface area (Å²) in [4.78, 5) is 49.7. The second-order valence-electron chi connectivity index (χ2n) is 7.95. The van der Waals surface area contributed by atoms with E-state index in [1.165, 1.54) is 32.0 Å². The normalized spacial score (nSPS) is 22.3. The third-order valence-corrected chi connectivity index (χ3v) is 5.23. The van der Waals surface area contributed by atoms with Crippen LogP contribution in [0.1, 0.15) is 29.8 Å². The van der Waals surface area contributed by atoms with Crippen LogP contribution in [0.15, 0.2) is 42.5 Å². The number of aliphatic hydroxyl groups excluding tert-OH is 1. The first kappa shape index (κ1) is 24.5. The van der Waals surface area contributed by atoms with Crippen LogP contribution in [0.25, 0.3) is 0 Å². The van der Waals surface area contributed by atoms with Gasteiger partial charge >= 0.3 is 5.97 Å². The zero-order valence-electron chi connectivity index (χ0n) is 18.4. The van der Waals surface area contributed by atoms with Crippen LogP contribution in [-0.4, -0.2) is 63.2 Å². The number of carbonyl (C=O) groups excluding carboxylic acids is 3. The van der Waals surface area contributed by atoms with Gasteiger partial charge in [0.1, 0.15) is 35.4 Å². The number of fused-ring (bicyclic) bond motifs is 11. The molecule has 0 spiro atoms. The summed E-state index contributed by atoms with van der Waals surface area (Å²) < 4.78 is 5.72. The van der Waals surface area contributed by atoms with E-state index in [9.17, 15) is 34.5 Å². The molecule has 6 N–H and O–H groups in total. The van der Waals surface area contributed by atoms with Crippen molar-refractivity contribution in [1.29, 1.82) is 0 Å². The van der Waals surface area contributed by atoms with Crippen molar-refractivity contribution in [2.24, 2.45) is 0 Å². The van der Waals surface area contributed by atoms with Crippen LogP contribution in [0.3, 0.4) is 0 Å². The van der Waals surface area contributed by atoms with Gasteiger partial charge in [-0.15, -0.1) is 0 Å². The molecule has 2 aliphatic heterocycles. The first-order valence-electron chi connectivity index (χ1n) is 10.5. The lowest BCUT2D eigenvalue weighted by Crippen LogP contribution is -2.57. The molecule has 3 amide bonds. The van der Waals surface area contributed by atoms with Crippen molar-refractivity contribution in [3.05, 3.63) is 53.6 Å². The first-order valence-corrected chi connectivity index (χ1v) is 10.5. The number of rotatable bonds is 2. The summed E-state index contributed by atoms with van der Waals surface area (Å²) in [5.74, 6) is -3.52. The van der Waals surface area contributed by atoms with E-state index >= 15 is 0 Å². The average molecular weight is 471 g/mol. The highest BCUT2D eigenvalue weighted by molar-refractivity contribution is 6.00. The molecular formula is C23H25N3O8. The number of nitrogens with one attached hydrogen (secondary N) is 3. The van der Waals surface area contributed by atoms with Crippen LogP contribution in [0.2, 0.25) is 0 Å². The quantitative estimate of drug-likeness (QED) is 0.339. The maximum absolute atomic E-state index is 12.8. The lowest BCUT2D eigenvalue weighted by Gasteiger charge is -2.24. The summed E-state index contributed by atoms with van der Waals surface area (Å²) in [5.41, 5.74) is 0.418. The highest BCUT2D eigenvalue weighted by Crippen LogP contribution is 2.27. The molecule has 34 heavy (non-hydrogen) atoms. The third kappa shape index (κ3) is 5.81. The molecule has 4 bridgehead atoms. The standard InChI is InChI=1S/C23H25N3O8/c1-11-20(29)25-17(23(32)33)9-13-3-5-14(6-4-13)34-15-7-8-18(28)16(10-15)21(30)26-19(12(2)27)22(31)24-11/h3-8,10-12,17,19,27-28H,9H2,1-2H3,(H,24,31)(H,25,29)(H,26,30)(H,32,33)/t11-,12+,17+,19-/m0/s1. The molecule has 2 heterocycles. The molecule has 2 aliphatic rings.